The largest absolute Gasteiger partial charge is 0.369 e. The van der Waals surface area contributed by atoms with Gasteiger partial charge in [-0.3, -0.25) is 14.4 Å². The summed E-state index contributed by atoms with van der Waals surface area (Å²) < 4.78 is 0. The van der Waals surface area contributed by atoms with Gasteiger partial charge in [0.1, 0.15) is 0 Å². The van der Waals surface area contributed by atoms with E-state index in [1.165, 1.54) is 0 Å². The van der Waals surface area contributed by atoms with Crippen molar-refractivity contribution in [3.8, 4) is 0 Å². The summed E-state index contributed by atoms with van der Waals surface area (Å²) in [5.74, 6) is -0.999. The molecule has 1 aromatic rings. The molecule has 2 rings (SSSR count). The molecule has 1 aliphatic rings. The molecule has 1 fully saturated rings. The lowest BCUT2D eigenvalue weighted by atomic mass is 10.1. The van der Waals surface area contributed by atoms with Gasteiger partial charge in [0.15, 0.2) is 0 Å². The summed E-state index contributed by atoms with van der Waals surface area (Å²) in [5.41, 5.74) is 6.66. The highest BCUT2D eigenvalue weighted by molar-refractivity contribution is 6.00. The van der Waals surface area contributed by atoms with Crippen LogP contribution in [0, 0.1) is 5.92 Å². The Kier molecular flexibility index (Phi) is 5.14. The lowest BCUT2D eigenvalue weighted by Crippen LogP contribution is -2.28. The molecule has 0 spiro atoms. The number of nitrogens with two attached hydrogens (primary N) is 1. The Bertz CT molecular complexity index is 569. The van der Waals surface area contributed by atoms with Gasteiger partial charge in [0.05, 0.1) is 5.92 Å². The molecule has 1 aromatic carbocycles. The Morgan fingerprint density at radius 3 is 2.55 bits per heavy atom. The molecule has 22 heavy (non-hydrogen) atoms. The Balaban J connectivity index is 1.99. The van der Waals surface area contributed by atoms with Crippen molar-refractivity contribution in [2.75, 3.05) is 16.8 Å². The molecule has 1 atom stereocenters. The number of hydrogen-bond donors (Lipinski definition) is 2. The number of unbranched alkanes of at least 4 members (excludes halogenated alkanes) is 1. The molecule has 0 bridgehead atoms. The molecular weight excluding hydrogens is 282 g/mol. The first-order valence-electron chi connectivity index (χ1n) is 7.51. The molecule has 0 aromatic heterocycles. The second-order valence-electron chi connectivity index (χ2n) is 5.51. The number of amides is 3. The summed E-state index contributed by atoms with van der Waals surface area (Å²) in [5, 5.41) is 2.82. The van der Waals surface area contributed by atoms with Crippen LogP contribution in [0.1, 0.15) is 32.6 Å². The molecule has 3 N–H and O–H groups in total. The van der Waals surface area contributed by atoms with Gasteiger partial charge in [0.25, 0.3) is 0 Å². The zero-order valence-corrected chi connectivity index (χ0v) is 12.7. The molecule has 1 heterocycles. The van der Waals surface area contributed by atoms with Crippen molar-refractivity contribution in [1.29, 1.82) is 0 Å². The van der Waals surface area contributed by atoms with Gasteiger partial charge in [-0.1, -0.05) is 13.3 Å². The van der Waals surface area contributed by atoms with Crippen molar-refractivity contribution in [3.63, 3.8) is 0 Å². The van der Waals surface area contributed by atoms with Crippen molar-refractivity contribution < 1.29 is 14.4 Å². The Hall–Kier alpha value is -2.37. The molecule has 1 unspecified atom stereocenters. The summed E-state index contributed by atoms with van der Waals surface area (Å²) in [7, 11) is 0. The van der Waals surface area contributed by atoms with Gasteiger partial charge in [-0.05, 0) is 30.7 Å². The highest BCUT2D eigenvalue weighted by Crippen LogP contribution is 2.26. The number of primary amides is 1. The smallest absolute Gasteiger partial charge is 0.227 e. The molecule has 0 radical (unpaired) electrons. The predicted octanol–water partition coefficient (Wildman–Crippen LogP) is 1.65. The molecular formula is C16H21N3O3. The third-order valence-corrected chi connectivity index (χ3v) is 3.75. The van der Waals surface area contributed by atoms with Gasteiger partial charge in [-0.25, -0.2) is 0 Å². The first kappa shape index (κ1) is 16.0. The SMILES string of the molecule is CCCCC(=O)Nc1ccc(N2CC(C(N)=O)CC2=O)cc1. The predicted molar refractivity (Wildman–Crippen MR) is 84.3 cm³/mol. The monoisotopic (exact) mass is 303 g/mol. The highest BCUT2D eigenvalue weighted by Gasteiger charge is 2.33. The van der Waals surface area contributed by atoms with E-state index in [9.17, 15) is 14.4 Å². The van der Waals surface area contributed by atoms with E-state index in [0.717, 1.165) is 12.8 Å². The maximum Gasteiger partial charge on any atom is 0.227 e. The van der Waals surface area contributed by atoms with E-state index < -0.39 is 11.8 Å². The van der Waals surface area contributed by atoms with Crippen LogP contribution in [-0.2, 0) is 14.4 Å². The summed E-state index contributed by atoms with van der Waals surface area (Å²) in [6, 6.07) is 7.03. The van der Waals surface area contributed by atoms with Crippen molar-refractivity contribution in [1.82, 2.24) is 0 Å². The summed E-state index contributed by atoms with van der Waals surface area (Å²) in [6.45, 7) is 2.35. The number of carbonyl (C=O) groups is 3. The van der Waals surface area contributed by atoms with Crippen LogP contribution in [0.25, 0.3) is 0 Å². The molecule has 1 saturated heterocycles. The summed E-state index contributed by atoms with van der Waals surface area (Å²) in [4.78, 5) is 36.3. The molecule has 1 aliphatic heterocycles. The fourth-order valence-electron chi connectivity index (χ4n) is 2.43. The fourth-order valence-corrected chi connectivity index (χ4v) is 2.43. The van der Waals surface area contributed by atoms with Crippen molar-refractivity contribution >= 4 is 29.1 Å². The molecule has 118 valence electrons. The third-order valence-electron chi connectivity index (χ3n) is 3.75. The molecule has 6 heteroatoms. The Morgan fingerprint density at radius 1 is 1.32 bits per heavy atom. The van der Waals surface area contributed by atoms with Crippen LogP contribution >= 0.6 is 0 Å². The average Bonchev–Trinajstić information content (AvgIpc) is 2.88. The Labute approximate surface area is 129 Å². The van der Waals surface area contributed by atoms with E-state index in [0.29, 0.717) is 24.3 Å². The molecule has 0 saturated carbocycles. The van der Waals surface area contributed by atoms with Gasteiger partial charge in [-0.2, -0.15) is 0 Å². The normalized spacial score (nSPS) is 17.6. The van der Waals surface area contributed by atoms with E-state index >= 15 is 0 Å². The topological polar surface area (TPSA) is 92.5 Å². The number of nitrogens with zero attached hydrogens (tertiary/aromatic N) is 1. The number of hydrogen-bond acceptors (Lipinski definition) is 3. The quantitative estimate of drug-likeness (QED) is 0.837. The van der Waals surface area contributed by atoms with Crippen LogP contribution in [0.2, 0.25) is 0 Å². The minimum absolute atomic E-state index is 0.0133. The fraction of sp³-hybridized carbons (Fsp3) is 0.438. The van der Waals surface area contributed by atoms with Crippen molar-refractivity contribution in [2.24, 2.45) is 11.7 Å². The zero-order valence-electron chi connectivity index (χ0n) is 12.7. The molecule has 6 nitrogen and oxygen atoms in total. The van der Waals surface area contributed by atoms with Crippen LogP contribution in [0.3, 0.4) is 0 Å². The van der Waals surface area contributed by atoms with Crippen LogP contribution < -0.4 is 16.0 Å². The van der Waals surface area contributed by atoms with E-state index in [4.69, 9.17) is 5.73 Å². The van der Waals surface area contributed by atoms with Gasteiger partial charge in [0.2, 0.25) is 17.7 Å². The maximum atomic E-state index is 11.9. The lowest BCUT2D eigenvalue weighted by molar-refractivity contribution is -0.123. The average molecular weight is 303 g/mol. The van der Waals surface area contributed by atoms with Gasteiger partial charge < -0.3 is 16.0 Å². The number of nitrogens with one attached hydrogen (secondary N) is 1. The van der Waals surface area contributed by atoms with E-state index in [-0.39, 0.29) is 18.2 Å². The standard InChI is InChI=1S/C16H21N3O3/c1-2-3-4-14(20)18-12-5-7-13(8-6-12)19-10-11(16(17)22)9-15(19)21/h5-8,11H,2-4,9-10H2,1H3,(H2,17,22)(H,18,20). The second-order valence-corrected chi connectivity index (χ2v) is 5.51. The third kappa shape index (κ3) is 3.84. The molecule has 3 amide bonds. The van der Waals surface area contributed by atoms with E-state index in [2.05, 4.69) is 5.32 Å². The first-order chi connectivity index (χ1) is 10.5. The lowest BCUT2D eigenvalue weighted by Gasteiger charge is -2.16. The van der Waals surface area contributed by atoms with Gasteiger partial charge >= 0.3 is 0 Å². The summed E-state index contributed by atoms with van der Waals surface area (Å²) >= 11 is 0. The van der Waals surface area contributed by atoms with Crippen LogP contribution in [-0.4, -0.2) is 24.3 Å². The Morgan fingerprint density at radius 2 is 2.00 bits per heavy atom. The first-order valence-corrected chi connectivity index (χ1v) is 7.51. The zero-order chi connectivity index (χ0) is 16.1. The van der Waals surface area contributed by atoms with Crippen LogP contribution in [0.5, 0.6) is 0 Å². The van der Waals surface area contributed by atoms with Crippen LogP contribution in [0.4, 0.5) is 11.4 Å². The number of carbonyl (C=O) groups excluding carboxylic acids is 3. The van der Waals surface area contributed by atoms with Gasteiger partial charge in [-0.15, -0.1) is 0 Å². The number of benzene rings is 1. The number of rotatable bonds is 6. The van der Waals surface area contributed by atoms with Crippen LogP contribution in [0.15, 0.2) is 24.3 Å². The summed E-state index contributed by atoms with van der Waals surface area (Å²) in [6.07, 6.45) is 2.50. The number of anilines is 2. The van der Waals surface area contributed by atoms with E-state index in [1.807, 2.05) is 6.92 Å². The minimum atomic E-state index is -0.448. The molecule has 0 aliphatic carbocycles. The highest BCUT2D eigenvalue weighted by atomic mass is 16.2. The minimum Gasteiger partial charge on any atom is -0.369 e. The van der Waals surface area contributed by atoms with Gasteiger partial charge in [0, 0.05) is 30.8 Å². The maximum absolute atomic E-state index is 11.9. The van der Waals surface area contributed by atoms with Crippen molar-refractivity contribution in [3.05, 3.63) is 24.3 Å². The second kappa shape index (κ2) is 7.06. The van der Waals surface area contributed by atoms with Crippen molar-refractivity contribution in [2.45, 2.75) is 32.6 Å². The van der Waals surface area contributed by atoms with E-state index in [1.54, 1.807) is 29.2 Å².